The van der Waals surface area contributed by atoms with Gasteiger partial charge in [-0.2, -0.15) is 4.31 Å². The highest BCUT2D eigenvalue weighted by Gasteiger charge is 2.26. The molecule has 0 aliphatic carbocycles. The van der Waals surface area contributed by atoms with Crippen LogP contribution in [0.4, 0.5) is 0 Å². The van der Waals surface area contributed by atoms with Crippen molar-refractivity contribution in [2.24, 2.45) is 0 Å². The lowest BCUT2D eigenvalue weighted by atomic mass is 10.3. The van der Waals surface area contributed by atoms with E-state index in [2.05, 4.69) is 9.97 Å². The molecule has 138 valence electrons. The Bertz CT molecular complexity index is 1050. The Labute approximate surface area is 156 Å². The molecule has 0 atom stereocenters. The number of hydrogen-bond donors (Lipinski definition) is 1. The van der Waals surface area contributed by atoms with E-state index < -0.39 is 10.0 Å². The number of methoxy groups -OCH3 is 2. The molecule has 7 nitrogen and oxygen atoms in total. The van der Waals surface area contributed by atoms with Gasteiger partial charge in [-0.25, -0.2) is 13.4 Å². The summed E-state index contributed by atoms with van der Waals surface area (Å²) in [5.41, 5.74) is 1.47. The summed E-state index contributed by atoms with van der Waals surface area (Å²) >= 11 is 5.97. The number of fused-ring (bicyclic) bond motifs is 1. The lowest BCUT2D eigenvalue weighted by Gasteiger charge is -2.18. The maximum absolute atomic E-state index is 12.9. The van der Waals surface area contributed by atoms with Crippen LogP contribution in [0.1, 0.15) is 5.82 Å². The topological polar surface area (TPSA) is 84.5 Å². The number of rotatable bonds is 6. The number of ether oxygens (including phenoxy) is 2. The Morgan fingerprint density at radius 3 is 2.62 bits per heavy atom. The van der Waals surface area contributed by atoms with Crippen LogP contribution in [0.5, 0.6) is 11.5 Å². The van der Waals surface area contributed by atoms with Crippen molar-refractivity contribution in [2.45, 2.75) is 11.4 Å². The van der Waals surface area contributed by atoms with E-state index in [0.29, 0.717) is 16.6 Å². The fourth-order valence-corrected chi connectivity index (χ4v) is 4.00. The minimum Gasteiger partial charge on any atom is -0.497 e. The average Bonchev–Trinajstić information content (AvgIpc) is 3.02. The van der Waals surface area contributed by atoms with E-state index in [1.54, 1.807) is 24.3 Å². The Kier molecular flexibility index (Phi) is 5.08. The fourth-order valence-electron chi connectivity index (χ4n) is 2.56. The molecule has 0 saturated heterocycles. The largest absolute Gasteiger partial charge is 0.497 e. The first-order chi connectivity index (χ1) is 12.3. The van der Waals surface area contributed by atoms with E-state index in [9.17, 15) is 8.42 Å². The number of nitrogens with one attached hydrogen (secondary N) is 1. The van der Waals surface area contributed by atoms with Gasteiger partial charge >= 0.3 is 0 Å². The van der Waals surface area contributed by atoms with Gasteiger partial charge in [-0.05, 0) is 30.3 Å². The lowest BCUT2D eigenvalue weighted by Crippen LogP contribution is -2.27. The smallest absolute Gasteiger partial charge is 0.246 e. The van der Waals surface area contributed by atoms with Gasteiger partial charge in [-0.15, -0.1) is 0 Å². The van der Waals surface area contributed by atoms with Crippen molar-refractivity contribution in [3.8, 4) is 11.5 Å². The second-order valence-corrected chi connectivity index (χ2v) is 8.07. The minimum absolute atomic E-state index is 0.0578. The van der Waals surface area contributed by atoms with E-state index in [0.717, 1.165) is 11.0 Å². The summed E-state index contributed by atoms with van der Waals surface area (Å²) in [6.45, 7) is 0.0732. The van der Waals surface area contributed by atoms with Crippen molar-refractivity contribution in [3.05, 3.63) is 47.2 Å². The van der Waals surface area contributed by atoms with Gasteiger partial charge in [0.1, 0.15) is 22.2 Å². The third-order valence-corrected chi connectivity index (χ3v) is 6.00. The second kappa shape index (κ2) is 7.14. The zero-order chi connectivity index (χ0) is 18.9. The van der Waals surface area contributed by atoms with Gasteiger partial charge in [-0.1, -0.05) is 11.6 Å². The van der Waals surface area contributed by atoms with Gasteiger partial charge in [0, 0.05) is 18.1 Å². The molecular formula is C17H18ClN3O4S. The summed E-state index contributed by atoms with van der Waals surface area (Å²) in [4.78, 5) is 7.54. The normalized spacial score (nSPS) is 11.9. The quantitative estimate of drug-likeness (QED) is 0.693. The van der Waals surface area contributed by atoms with Crippen LogP contribution in [0.3, 0.4) is 0 Å². The molecule has 0 amide bonds. The third-order valence-electron chi connectivity index (χ3n) is 3.92. The third kappa shape index (κ3) is 3.48. The molecule has 0 bridgehead atoms. The second-order valence-electron chi connectivity index (χ2n) is 5.62. The molecule has 3 aromatic rings. The molecular weight excluding hydrogens is 378 g/mol. The van der Waals surface area contributed by atoms with Crippen LogP contribution < -0.4 is 9.47 Å². The van der Waals surface area contributed by atoms with Gasteiger partial charge in [0.05, 0.1) is 31.8 Å². The van der Waals surface area contributed by atoms with Gasteiger partial charge in [0.15, 0.2) is 0 Å². The fraction of sp³-hybridized carbons (Fsp3) is 0.235. The molecule has 0 radical (unpaired) electrons. The zero-order valence-corrected chi connectivity index (χ0v) is 16.1. The number of imidazole rings is 1. The summed E-state index contributed by atoms with van der Waals surface area (Å²) in [5, 5.41) is 0.580. The van der Waals surface area contributed by atoms with Crippen LogP contribution in [0.25, 0.3) is 11.0 Å². The predicted octanol–water partition coefficient (Wildman–Crippen LogP) is 3.05. The summed E-state index contributed by atoms with van der Waals surface area (Å²) in [7, 11) is 0.618. The van der Waals surface area contributed by atoms with Crippen molar-refractivity contribution >= 4 is 32.7 Å². The maximum Gasteiger partial charge on any atom is 0.246 e. The first-order valence-corrected chi connectivity index (χ1v) is 9.49. The Morgan fingerprint density at radius 2 is 1.92 bits per heavy atom. The van der Waals surface area contributed by atoms with Crippen LogP contribution in [-0.2, 0) is 16.6 Å². The number of sulfonamides is 1. The first kappa shape index (κ1) is 18.5. The number of benzene rings is 2. The highest BCUT2D eigenvalue weighted by Crippen LogP contribution is 2.30. The number of H-pyrrole nitrogens is 1. The van der Waals surface area contributed by atoms with Crippen LogP contribution in [0.15, 0.2) is 41.3 Å². The molecule has 0 aliphatic rings. The highest BCUT2D eigenvalue weighted by molar-refractivity contribution is 7.89. The average molecular weight is 396 g/mol. The molecule has 1 aromatic heterocycles. The molecule has 2 aromatic carbocycles. The van der Waals surface area contributed by atoms with Crippen LogP contribution in [0.2, 0.25) is 5.02 Å². The number of hydrogen-bond acceptors (Lipinski definition) is 5. The Balaban J connectivity index is 1.91. The van der Waals surface area contributed by atoms with E-state index in [4.69, 9.17) is 21.1 Å². The summed E-state index contributed by atoms with van der Waals surface area (Å²) < 4.78 is 37.4. The van der Waals surface area contributed by atoms with Crippen molar-refractivity contribution in [1.82, 2.24) is 14.3 Å². The molecule has 26 heavy (non-hydrogen) atoms. The molecule has 0 unspecified atom stereocenters. The van der Waals surface area contributed by atoms with Gasteiger partial charge in [0.2, 0.25) is 10.0 Å². The number of nitrogens with zero attached hydrogens (tertiary/aromatic N) is 2. The lowest BCUT2D eigenvalue weighted by molar-refractivity contribution is 0.383. The summed E-state index contributed by atoms with van der Waals surface area (Å²) in [6.07, 6.45) is 0. The molecule has 9 heteroatoms. The zero-order valence-electron chi connectivity index (χ0n) is 14.5. The summed E-state index contributed by atoms with van der Waals surface area (Å²) in [5.74, 6) is 1.24. The number of aromatic amines is 1. The van der Waals surface area contributed by atoms with Gasteiger partial charge < -0.3 is 14.5 Å². The number of halogens is 1. The summed E-state index contributed by atoms with van der Waals surface area (Å²) in [6, 6.07) is 9.82. The molecule has 1 heterocycles. The van der Waals surface area contributed by atoms with Crippen molar-refractivity contribution in [2.75, 3.05) is 21.3 Å². The van der Waals surface area contributed by atoms with Crippen LogP contribution in [0, 0.1) is 0 Å². The molecule has 1 N–H and O–H groups in total. The molecule has 0 saturated carbocycles. The molecule has 3 rings (SSSR count). The Hall–Kier alpha value is -2.29. The number of aromatic nitrogens is 2. The van der Waals surface area contributed by atoms with Crippen LogP contribution >= 0.6 is 11.6 Å². The monoisotopic (exact) mass is 395 g/mol. The van der Waals surface area contributed by atoms with E-state index in [1.807, 2.05) is 0 Å². The van der Waals surface area contributed by atoms with E-state index >= 15 is 0 Å². The minimum atomic E-state index is -3.78. The van der Waals surface area contributed by atoms with Crippen molar-refractivity contribution < 1.29 is 17.9 Å². The highest BCUT2D eigenvalue weighted by atomic mass is 35.5. The Morgan fingerprint density at radius 1 is 1.15 bits per heavy atom. The van der Waals surface area contributed by atoms with Crippen molar-refractivity contribution in [3.63, 3.8) is 0 Å². The van der Waals surface area contributed by atoms with Crippen LogP contribution in [-0.4, -0.2) is 44.0 Å². The molecule has 0 spiro atoms. The SMILES string of the molecule is COc1ccc(S(=O)(=O)N(C)Cc2nc3ccc(Cl)cc3[nH]2)c(OC)c1. The first-order valence-electron chi connectivity index (χ1n) is 7.67. The maximum atomic E-state index is 12.9. The van der Waals surface area contributed by atoms with E-state index in [1.165, 1.54) is 37.7 Å². The van der Waals surface area contributed by atoms with Gasteiger partial charge in [0.25, 0.3) is 0 Å². The van der Waals surface area contributed by atoms with Gasteiger partial charge in [-0.3, -0.25) is 0 Å². The molecule has 0 aliphatic heterocycles. The van der Waals surface area contributed by atoms with Crippen molar-refractivity contribution in [1.29, 1.82) is 0 Å². The van der Waals surface area contributed by atoms with E-state index in [-0.39, 0.29) is 17.2 Å². The predicted molar refractivity (Wildman–Crippen MR) is 99.3 cm³/mol. The molecule has 0 fully saturated rings. The standard InChI is InChI=1S/C17H18ClN3O4S/c1-21(10-17-19-13-6-4-11(18)8-14(13)20-17)26(22,23)16-7-5-12(24-2)9-15(16)25-3/h4-9H,10H2,1-3H3,(H,19,20).